The number of hydrogen-bond donors (Lipinski definition) is 0. The van der Waals surface area contributed by atoms with Crippen molar-refractivity contribution in [2.75, 3.05) is 31.1 Å². The fraction of sp³-hybridized carbons (Fsp3) is 0.263. The van der Waals surface area contributed by atoms with Crippen LogP contribution in [0.2, 0.25) is 0 Å². The van der Waals surface area contributed by atoms with Crippen molar-refractivity contribution in [2.24, 2.45) is 0 Å². The molecule has 0 atom stereocenters. The van der Waals surface area contributed by atoms with Crippen LogP contribution in [0.5, 0.6) is 5.75 Å². The Bertz CT molecular complexity index is 897. The molecule has 152 valence electrons. The number of ether oxygens (including phenoxy) is 1. The molecule has 1 aromatic heterocycles. The lowest BCUT2D eigenvalue weighted by Crippen LogP contribution is -2.48. The first kappa shape index (κ1) is 20.2. The summed E-state index contributed by atoms with van der Waals surface area (Å²) in [6.45, 7) is -1.01. The molecule has 1 aromatic carbocycles. The number of carbonyl (C=O) groups excluding carboxylic acids is 1. The van der Waals surface area contributed by atoms with E-state index in [1.165, 1.54) is 30.5 Å². The largest absolute Gasteiger partial charge is 0.434 e. The van der Waals surface area contributed by atoms with Gasteiger partial charge >= 0.3 is 6.61 Å². The van der Waals surface area contributed by atoms with Crippen LogP contribution in [0.15, 0.2) is 48.7 Å². The Morgan fingerprint density at radius 2 is 1.90 bits per heavy atom. The van der Waals surface area contributed by atoms with Crippen LogP contribution in [0, 0.1) is 10.1 Å². The monoisotopic (exact) mass is 404 g/mol. The van der Waals surface area contributed by atoms with Crippen LogP contribution >= 0.6 is 0 Å². The summed E-state index contributed by atoms with van der Waals surface area (Å²) in [4.78, 5) is 30.3. The number of anilines is 1. The molecule has 2 aromatic rings. The predicted molar refractivity (Wildman–Crippen MR) is 102 cm³/mol. The first-order chi connectivity index (χ1) is 13.9. The number of para-hydroxylation sites is 1. The highest BCUT2D eigenvalue weighted by molar-refractivity contribution is 5.92. The molecule has 1 fully saturated rings. The number of piperazine rings is 1. The van der Waals surface area contributed by atoms with Gasteiger partial charge < -0.3 is 14.5 Å². The van der Waals surface area contributed by atoms with Crippen molar-refractivity contribution in [3.63, 3.8) is 0 Å². The van der Waals surface area contributed by atoms with Gasteiger partial charge in [-0.2, -0.15) is 8.78 Å². The summed E-state index contributed by atoms with van der Waals surface area (Å²) in [5.74, 6) is 0.366. The molecule has 0 saturated carbocycles. The van der Waals surface area contributed by atoms with Crippen LogP contribution in [-0.2, 0) is 4.79 Å². The summed E-state index contributed by atoms with van der Waals surface area (Å²) in [7, 11) is 0. The molecule has 8 nitrogen and oxygen atoms in total. The zero-order valence-corrected chi connectivity index (χ0v) is 15.3. The number of nitro groups is 1. The van der Waals surface area contributed by atoms with Crippen molar-refractivity contribution < 1.29 is 23.2 Å². The van der Waals surface area contributed by atoms with Gasteiger partial charge in [0.15, 0.2) is 0 Å². The number of rotatable bonds is 6. The van der Waals surface area contributed by atoms with Crippen LogP contribution in [0.1, 0.15) is 5.56 Å². The van der Waals surface area contributed by atoms with Crippen molar-refractivity contribution in [3.05, 3.63) is 64.3 Å². The molecule has 1 aliphatic heterocycles. The molecule has 1 amide bonds. The predicted octanol–water partition coefficient (Wildman–Crippen LogP) is 2.95. The van der Waals surface area contributed by atoms with Crippen molar-refractivity contribution in [1.29, 1.82) is 0 Å². The molecule has 0 bridgehead atoms. The number of amides is 1. The third kappa shape index (κ3) is 5.24. The molecule has 0 N–H and O–H groups in total. The summed E-state index contributed by atoms with van der Waals surface area (Å²) >= 11 is 0. The second-order valence-electron chi connectivity index (χ2n) is 6.19. The molecule has 0 radical (unpaired) electrons. The molecular weight excluding hydrogens is 386 g/mol. The van der Waals surface area contributed by atoms with Crippen LogP contribution in [0.4, 0.5) is 20.3 Å². The Balaban J connectivity index is 1.58. The highest BCUT2D eigenvalue weighted by Crippen LogP contribution is 2.22. The second-order valence-corrected chi connectivity index (χ2v) is 6.19. The maximum Gasteiger partial charge on any atom is 0.387 e. The molecule has 1 aliphatic rings. The third-order valence-corrected chi connectivity index (χ3v) is 4.40. The average molecular weight is 404 g/mol. The van der Waals surface area contributed by atoms with Crippen LogP contribution in [0.3, 0.4) is 0 Å². The molecular formula is C19H18F2N4O4. The van der Waals surface area contributed by atoms with Gasteiger partial charge in [0.05, 0.1) is 4.92 Å². The Morgan fingerprint density at radius 3 is 2.52 bits per heavy atom. The van der Waals surface area contributed by atoms with E-state index in [1.54, 1.807) is 29.2 Å². The minimum atomic E-state index is -2.94. The fourth-order valence-corrected chi connectivity index (χ4v) is 2.92. The summed E-state index contributed by atoms with van der Waals surface area (Å²) < 4.78 is 29.4. The highest BCUT2D eigenvalue weighted by Gasteiger charge is 2.21. The lowest BCUT2D eigenvalue weighted by atomic mass is 10.2. The first-order valence-corrected chi connectivity index (χ1v) is 8.80. The molecule has 0 unspecified atom stereocenters. The van der Waals surface area contributed by atoms with Gasteiger partial charge in [0.25, 0.3) is 5.69 Å². The minimum Gasteiger partial charge on any atom is -0.434 e. The van der Waals surface area contributed by atoms with E-state index in [0.717, 1.165) is 0 Å². The maximum absolute atomic E-state index is 12.5. The van der Waals surface area contributed by atoms with Gasteiger partial charge in [-0.1, -0.05) is 18.2 Å². The van der Waals surface area contributed by atoms with Gasteiger partial charge in [-0.3, -0.25) is 14.9 Å². The van der Waals surface area contributed by atoms with Crippen molar-refractivity contribution in [3.8, 4) is 5.75 Å². The van der Waals surface area contributed by atoms with Crippen LogP contribution < -0.4 is 9.64 Å². The van der Waals surface area contributed by atoms with Crippen molar-refractivity contribution in [1.82, 2.24) is 9.88 Å². The quantitative estimate of drug-likeness (QED) is 0.418. The Labute approximate surface area is 165 Å². The van der Waals surface area contributed by atoms with E-state index in [2.05, 4.69) is 9.72 Å². The Morgan fingerprint density at radius 1 is 1.17 bits per heavy atom. The number of pyridine rings is 1. The number of halogens is 2. The standard InChI is InChI=1S/C19H18F2N4O4/c20-19(21)29-16-4-2-1-3-14(16)5-8-18(26)24-11-9-23(10-12-24)17-7-6-15(13-22-17)25(27)28/h1-8,13,19H,9-12H2/b8-5+. The van der Waals surface area contributed by atoms with Gasteiger partial charge in [-0.15, -0.1) is 0 Å². The number of carbonyl (C=O) groups is 1. The topological polar surface area (TPSA) is 88.8 Å². The van der Waals surface area contributed by atoms with Gasteiger partial charge in [-0.25, -0.2) is 4.98 Å². The average Bonchev–Trinajstić information content (AvgIpc) is 2.72. The Kier molecular flexibility index (Phi) is 6.32. The van der Waals surface area contributed by atoms with Gasteiger partial charge in [0.2, 0.25) is 5.91 Å². The number of benzene rings is 1. The van der Waals surface area contributed by atoms with Crippen molar-refractivity contribution >= 4 is 23.5 Å². The number of alkyl halides is 2. The molecule has 0 spiro atoms. The van der Waals surface area contributed by atoms with Gasteiger partial charge in [0, 0.05) is 43.9 Å². The molecule has 3 rings (SSSR count). The molecule has 0 aliphatic carbocycles. The summed E-state index contributed by atoms with van der Waals surface area (Å²) in [6.07, 6.45) is 3.98. The van der Waals surface area contributed by atoms with Gasteiger partial charge in [0.1, 0.15) is 17.8 Å². The highest BCUT2D eigenvalue weighted by atomic mass is 19.3. The number of aromatic nitrogens is 1. The van der Waals surface area contributed by atoms with E-state index in [1.807, 2.05) is 4.90 Å². The van der Waals surface area contributed by atoms with E-state index >= 15 is 0 Å². The molecule has 2 heterocycles. The normalized spacial score (nSPS) is 14.4. The summed E-state index contributed by atoms with van der Waals surface area (Å²) in [6, 6.07) is 9.20. The lowest BCUT2D eigenvalue weighted by molar-refractivity contribution is -0.385. The van der Waals surface area contributed by atoms with Gasteiger partial charge in [-0.05, 0) is 18.2 Å². The van der Waals surface area contributed by atoms with E-state index in [0.29, 0.717) is 37.6 Å². The smallest absolute Gasteiger partial charge is 0.387 e. The van der Waals surface area contributed by atoms with E-state index < -0.39 is 11.5 Å². The van der Waals surface area contributed by atoms with Crippen molar-refractivity contribution in [2.45, 2.75) is 6.61 Å². The molecule has 10 heteroatoms. The second kappa shape index (κ2) is 9.09. The SMILES string of the molecule is O=C(/C=C/c1ccccc1OC(F)F)N1CCN(c2ccc([N+](=O)[O-])cn2)CC1. The minimum absolute atomic E-state index is 0.000569. The number of hydrogen-bond acceptors (Lipinski definition) is 6. The first-order valence-electron chi connectivity index (χ1n) is 8.80. The summed E-state index contributed by atoms with van der Waals surface area (Å²) in [5.41, 5.74) is 0.304. The molecule has 1 saturated heterocycles. The van der Waals surface area contributed by atoms with Crippen LogP contribution in [-0.4, -0.2) is 53.5 Å². The summed E-state index contributed by atoms with van der Waals surface area (Å²) in [5, 5.41) is 10.7. The van der Waals surface area contributed by atoms with Crippen LogP contribution in [0.25, 0.3) is 6.08 Å². The van der Waals surface area contributed by atoms with E-state index in [9.17, 15) is 23.7 Å². The molecule has 29 heavy (non-hydrogen) atoms. The maximum atomic E-state index is 12.5. The third-order valence-electron chi connectivity index (χ3n) is 4.40. The van der Waals surface area contributed by atoms with E-state index in [-0.39, 0.29) is 17.3 Å². The fourth-order valence-electron chi connectivity index (χ4n) is 2.92. The zero-order chi connectivity index (χ0) is 20.8. The number of nitrogens with zero attached hydrogens (tertiary/aromatic N) is 4. The lowest BCUT2D eigenvalue weighted by Gasteiger charge is -2.34. The zero-order valence-electron chi connectivity index (χ0n) is 15.3. The Hall–Kier alpha value is -3.56. The van der Waals surface area contributed by atoms with E-state index in [4.69, 9.17) is 0 Å².